The fourth-order valence-corrected chi connectivity index (χ4v) is 5.46. The van der Waals surface area contributed by atoms with Crippen molar-refractivity contribution in [1.82, 2.24) is 9.80 Å². The van der Waals surface area contributed by atoms with E-state index in [0.29, 0.717) is 30.2 Å². The normalized spacial score (nSPS) is 23.7. The first-order chi connectivity index (χ1) is 17.0. The molecule has 8 heteroatoms. The highest BCUT2D eigenvalue weighted by Crippen LogP contribution is 2.42. The van der Waals surface area contributed by atoms with Crippen LogP contribution in [-0.2, 0) is 31.1 Å². The monoisotopic (exact) mass is 478 g/mol. The van der Waals surface area contributed by atoms with Gasteiger partial charge in [0.25, 0.3) is 0 Å². The van der Waals surface area contributed by atoms with Gasteiger partial charge in [0.1, 0.15) is 0 Å². The van der Waals surface area contributed by atoms with Crippen molar-refractivity contribution in [3.05, 3.63) is 59.7 Å². The highest BCUT2D eigenvalue weighted by atomic mass is 16.7. The Morgan fingerprint density at radius 2 is 1.89 bits per heavy atom. The Morgan fingerprint density at radius 1 is 1.09 bits per heavy atom. The molecule has 0 N–H and O–H groups in total. The summed E-state index contributed by atoms with van der Waals surface area (Å²) in [5.74, 6) is 0.516. The Hall–Kier alpha value is -3.39. The molecule has 0 radical (unpaired) electrons. The third-order valence-corrected chi connectivity index (χ3v) is 7.27. The molecule has 2 saturated heterocycles. The van der Waals surface area contributed by atoms with E-state index in [-0.39, 0.29) is 49.9 Å². The van der Waals surface area contributed by atoms with E-state index in [1.54, 1.807) is 19.2 Å². The molecule has 0 aliphatic carbocycles. The van der Waals surface area contributed by atoms with Crippen molar-refractivity contribution < 1.29 is 28.6 Å². The summed E-state index contributed by atoms with van der Waals surface area (Å²) in [6, 6.07) is 14.6. The number of likely N-dealkylation sites (tertiary alicyclic amines) is 2. The standard InChI is InChI=1S/C27H30N2O6/c1-33-17-21-9-5-6-12-28(21)24(30)14-27(20-7-3-2-4-8-20)15-25(31)29(26(27)32)16-19-10-11-22-23(13-19)35-18-34-22/h2-4,7-8,10-11,13,21H,5-6,9,12,14-18H2,1H3/t21-,27+/m1/s1. The average Bonchev–Trinajstić information content (AvgIpc) is 3.43. The van der Waals surface area contributed by atoms with Crippen molar-refractivity contribution in [2.45, 2.75) is 50.1 Å². The quantitative estimate of drug-likeness (QED) is 0.569. The second-order valence-electron chi connectivity index (χ2n) is 9.47. The SMILES string of the molecule is COC[C@H]1CCCCN1C(=O)C[C@@]1(c2ccccc2)CC(=O)N(Cc2ccc3c(c2)OCO3)C1=O. The smallest absolute Gasteiger partial charge is 0.241 e. The number of hydrogen-bond donors (Lipinski definition) is 0. The number of benzene rings is 2. The topological polar surface area (TPSA) is 85.4 Å². The van der Waals surface area contributed by atoms with E-state index in [1.807, 2.05) is 41.3 Å². The molecule has 0 aromatic heterocycles. The first kappa shape index (κ1) is 23.4. The number of hydrogen-bond acceptors (Lipinski definition) is 6. The highest BCUT2D eigenvalue weighted by molar-refractivity contribution is 6.10. The van der Waals surface area contributed by atoms with Crippen molar-refractivity contribution in [3.63, 3.8) is 0 Å². The number of piperidine rings is 1. The molecular weight excluding hydrogens is 448 g/mol. The van der Waals surface area contributed by atoms with E-state index < -0.39 is 5.41 Å². The van der Waals surface area contributed by atoms with E-state index in [4.69, 9.17) is 14.2 Å². The number of carbonyl (C=O) groups excluding carboxylic acids is 3. The maximum absolute atomic E-state index is 14.0. The minimum absolute atomic E-state index is 0.00832. The molecule has 2 fully saturated rings. The molecule has 3 heterocycles. The van der Waals surface area contributed by atoms with Crippen LogP contribution in [0, 0.1) is 0 Å². The van der Waals surface area contributed by atoms with Crippen LogP contribution in [0.15, 0.2) is 48.5 Å². The van der Waals surface area contributed by atoms with Gasteiger partial charge in [-0.15, -0.1) is 0 Å². The lowest BCUT2D eigenvalue weighted by molar-refractivity contribution is -0.144. The predicted molar refractivity (Wildman–Crippen MR) is 127 cm³/mol. The summed E-state index contributed by atoms with van der Waals surface area (Å²) in [6.07, 6.45) is 2.77. The number of fused-ring (bicyclic) bond motifs is 1. The fourth-order valence-electron chi connectivity index (χ4n) is 5.46. The van der Waals surface area contributed by atoms with Gasteiger partial charge in [0.2, 0.25) is 24.5 Å². The molecule has 3 aliphatic rings. The molecule has 0 unspecified atom stereocenters. The van der Waals surface area contributed by atoms with Crippen LogP contribution in [0.3, 0.4) is 0 Å². The third kappa shape index (κ3) is 4.38. The van der Waals surface area contributed by atoms with Crippen molar-refractivity contribution in [1.29, 1.82) is 0 Å². The van der Waals surface area contributed by atoms with Crippen molar-refractivity contribution in [2.24, 2.45) is 0 Å². The maximum Gasteiger partial charge on any atom is 0.241 e. The summed E-state index contributed by atoms with van der Waals surface area (Å²) >= 11 is 0. The summed E-state index contributed by atoms with van der Waals surface area (Å²) < 4.78 is 16.2. The Morgan fingerprint density at radius 3 is 2.69 bits per heavy atom. The van der Waals surface area contributed by atoms with Gasteiger partial charge in [-0.1, -0.05) is 36.4 Å². The molecule has 2 aromatic rings. The first-order valence-electron chi connectivity index (χ1n) is 12.1. The molecule has 8 nitrogen and oxygen atoms in total. The van der Waals surface area contributed by atoms with E-state index in [9.17, 15) is 14.4 Å². The zero-order valence-electron chi connectivity index (χ0n) is 19.9. The van der Waals surface area contributed by atoms with Crippen LogP contribution in [0.4, 0.5) is 0 Å². The van der Waals surface area contributed by atoms with Crippen LogP contribution in [0.2, 0.25) is 0 Å². The number of carbonyl (C=O) groups is 3. The summed E-state index contributed by atoms with van der Waals surface area (Å²) in [7, 11) is 1.63. The second-order valence-corrected chi connectivity index (χ2v) is 9.47. The maximum atomic E-state index is 14.0. The Bertz CT molecular complexity index is 1120. The number of imide groups is 1. The van der Waals surface area contributed by atoms with Gasteiger partial charge in [0.15, 0.2) is 11.5 Å². The van der Waals surface area contributed by atoms with Crippen LogP contribution in [0.1, 0.15) is 43.2 Å². The van der Waals surface area contributed by atoms with Gasteiger partial charge in [-0.2, -0.15) is 0 Å². The second kappa shape index (κ2) is 9.70. The van der Waals surface area contributed by atoms with Gasteiger partial charge in [-0.05, 0) is 42.5 Å². The van der Waals surface area contributed by atoms with Crippen molar-refractivity contribution >= 4 is 17.7 Å². The third-order valence-electron chi connectivity index (χ3n) is 7.27. The predicted octanol–water partition coefficient (Wildman–Crippen LogP) is 3.03. The summed E-state index contributed by atoms with van der Waals surface area (Å²) in [6.45, 7) is 1.38. The van der Waals surface area contributed by atoms with Crippen molar-refractivity contribution in [2.75, 3.05) is 27.1 Å². The molecular formula is C27H30N2O6. The van der Waals surface area contributed by atoms with E-state index in [0.717, 1.165) is 24.8 Å². The van der Waals surface area contributed by atoms with E-state index in [2.05, 4.69) is 0 Å². The lowest BCUT2D eigenvalue weighted by atomic mass is 9.75. The van der Waals surface area contributed by atoms with E-state index in [1.165, 1.54) is 4.90 Å². The van der Waals surface area contributed by atoms with Gasteiger partial charge < -0.3 is 19.1 Å². The highest BCUT2D eigenvalue weighted by Gasteiger charge is 2.54. The fraction of sp³-hybridized carbons (Fsp3) is 0.444. The molecule has 0 saturated carbocycles. The molecule has 2 atom stereocenters. The summed E-state index contributed by atoms with van der Waals surface area (Å²) in [4.78, 5) is 43.9. The minimum Gasteiger partial charge on any atom is -0.454 e. The van der Waals surface area contributed by atoms with Crippen LogP contribution < -0.4 is 9.47 Å². The van der Waals surface area contributed by atoms with Gasteiger partial charge >= 0.3 is 0 Å². The molecule has 2 aromatic carbocycles. The Kier molecular flexibility index (Phi) is 6.47. The average molecular weight is 479 g/mol. The van der Waals surface area contributed by atoms with Crippen molar-refractivity contribution in [3.8, 4) is 11.5 Å². The Balaban J connectivity index is 1.43. The summed E-state index contributed by atoms with van der Waals surface area (Å²) in [5, 5.41) is 0. The molecule has 35 heavy (non-hydrogen) atoms. The number of nitrogens with zero attached hydrogens (tertiary/aromatic N) is 2. The minimum atomic E-state index is -1.22. The molecule has 3 aliphatic heterocycles. The van der Waals surface area contributed by atoms with Crippen LogP contribution in [0.25, 0.3) is 0 Å². The van der Waals surface area contributed by atoms with E-state index >= 15 is 0 Å². The largest absolute Gasteiger partial charge is 0.454 e. The van der Waals surface area contributed by atoms with Crippen LogP contribution in [-0.4, -0.2) is 60.6 Å². The molecule has 5 rings (SSSR count). The zero-order valence-corrected chi connectivity index (χ0v) is 19.9. The van der Waals surface area contributed by atoms with Gasteiger partial charge in [0.05, 0.1) is 24.6 Å². The van der Waals surface area contributed by atoms with Crippen LogP contribution >= 0.6 is 0 Å². The number of methoxy groups -OCH3 is 1. The lowest BCUT2D eigenvalue weighted by Crippen LogP contribution is -2.49. The Labute approximate surface area is 204 Å². The first-order valence-corrected chi connectivity index (χ1v) is 12.1. The molecule has 0 spiro atoms. The van der Waals surface area contributed by atoms with Crippen LogP contribution in [0.5, 0.6) is 11.5 Å². The zero-order chi connectivity index (χ0) is 24.4. The number of ether oxygens (including phenoxy) is 3. The van der Waals surface area contributed by atoms with Gasteiger partial charge in [-0.3, -0.25) is 19.3 Å². The molecule has 0 bridgehead atoms. The molecule has 3 amide bonds. The lowest BCUT2D eigenvalue weighted by Gasteiger charge is -2.37. The van der Waals surface area contributed by atoms with Gasteiger partial charge in [0, 0.05) is 26.5 Å². The van der Waals surface area contributed by atoms with Gasteiger partial charge in [-0.25, -0.2) is 0 Å². The summed E-state index contributed by atoms with van der Waals surface area (Å²) in [5.41, 5.74) is 0.239. The molecule has 184 valence electrons. The number of amides is 3. The number of rotatable bonds is 7.